The van der Waals surface area contributed by atoms with Crippen molar-refractivity contribution in [2.45, 2.75) is 13.0 Å². The lowest BCUT2D eigenvalue weighted by Crippen LogP contribution is -2.24. The maximum absolute atomic E-state index is 12.2. The normalized spacial score (nSPS) is 13.6. The van der Waals surface area contributed by atoms with Crippen molar-refractivity contribution >= 4 is 11.6 Å². The van der Waals surface area contributed by atoms with Crippen LogP contribution < -0.4 is 16.2 Å². The van der Waals surface area contributed by atoms with Crippen LogP contribution in [0, 0.1) is 0 Å². The number of anilines is 1. The summed E-state index contributed by atoms with van der Waals surface area (Å²) in [7, 11) is 1.65. The Kier molecular flexibility index (Phi) is 3.58. The number of carbonyl (C=O) groups excluding carboxylic acids is 1. The zero-order valence-electron chi connectivity index (χ0n) is 11.8. The smallest absolute Gasteiger partial charge is 0.255 e. The van der Waals surface area contributed by atoms with Crippen molar-refractivity contribution in [1.82, 2.24) is 9.88 Å². The lowest BCUT2D eigenvalue weighted by atomic mass is 10.0. The van der Waals surface area contributed by atoms with Crippen molar-refractivity contribution in [2.75, 3.05) is 11.9 Å². The Labute approximate surface area is 122 Å². The van der Waals surface area contributed by atoms with Crippen LogP contribution in [0.4, 0.5) is 5.69 Å². The van der Waals surface area contributed by atoms with E-state index in [-0.39, 0.29) is 11.5 Å². The Morgan fingerprint density at radius 1 is 1.24 bits per heavy atom. The Hall–Kier alpha value is -2.40. The van der Waals surface area contributed by atoms with E-state index in [2.05, 4.69) is 16.7 Å². The molecule has 108 valence electrons. The lowest BCUT2D eigenvalue weighted by molar-refractivity contribution is 0.102. The van der Waals surface area contributed by atoms with E-state index in [9.17, 15) is 9.59 Å². The molecule has 0 atom stereocenters. The third-order valence-corrected chi connectivity index (χ3v) is 3.72. The molecule has 0 saturated heterocycles. The summed E-state index contributed by atoms with van der Waals surface area (Å²) < 4.78 is 1.43. The quantitative estimate of drug-likeness (QED) is 0.873. The van der Waals surface area contributed by atoms with Gasteiger partial charge in [-0.2, -0.15) is 0 Å². The first-order valence-electron chi connectivity index (χ1n) is 6.94. The van der Waals surface area contributed by atoms with Gasteiger partial charge in [0, 0.05) is 37.1 Å². The summed E-state index contributed by atoms with van der Waals surface area (Å²) in [6.07, 6.45) is 2.60. The van der Waals surface area contributed by atoms with Gasteiger partial charge >= 0.3 is 0 Å². The molecule has 5 nitrogen and oxygen atoms in total. The number of amides is 1. The van der Waals surface area contributed by atoms with E-state index in [0.717, 1.165) is 25.2 Å². The minimum absolute atomic E-state index is 0.197. The molecule has 0 unspecified atom stereocenters. The van der Waals surface area contributed by atoms with Crippen LogP contribution in [0.2, 0.25) is 0 Å². The molecule has 21 heavy (non-hydrogen) atoms. The van der Waals surface area contributed by atoms with Gasteiger partial charge in [0.05, 0.1) is 0 Å². The fourth-order valence-electron chi connectivity index (χ4n) is 2.45. The number of fused-ring (bicyclic) bond motifs is 1. The van der Waals surface area contributed by atoms with Crippen molar-refractivity contribution in [1.29, 1.82) is 0 Å². The summed E-state index contributed by atoms with van der Waals surface area (Å²) in [5, 5.41) is 6.15. The molecular formula is C16H17N3O2. The van der Waals surface area contributed by atoms with Crippen LogP contribution in [0.1, 0.15) is 21.5 Å². The molecule has 0 fully saturated rings. The highest BCUT2D eigenvalue weighted by atomic mass is 16.2. The standard InChI is InChI=1S/C16H17N3O2/c1-19-7-5-12(9-15(19)20)16(21)18-14-3-2-11-4-6-17-10-13(11)8-14/h2-3,5,7-9,17H,4,6,10H2,1H3,(H,18,21). The molecule has 1 aromatic carbocycles. The second-order valence-electron chi connectivity index (χ2n) is 5.23. The third kappa shape index (κ3) is 2.87. The van der Waals surface area contributed by atoms with E-state index in [1.54, 1.807) is 19.3 Å². The fraction of sp³-hybridized carbons (Fsp3) is 0.250. The molecule has 1 aliphatic heterocycles. The molecule has 0 spiro atoms. The van der Waals surface area contributed by atoms with Gasteiger partial charge in [0.1, 0.15) is 0 Å². The number of benzene rings is 1. The van der Waals surface area contributed by atoms with Crippen molar-refractivity contribution in [3.05, 3.63) is 63.6 Å². The minimum Gasteiger partial charge on any atom is -0.322 e. The summed E-state index contributed by atoms with van der Waals surface area (Å²) in [5.41, 5.74) is 3.46. The summed E-state index contributed by atoms with van der Waals surface area (Å²) in [4.78, 5) is 23.7. The first-order chi connectivity index (χ1) is 10.1. The third-order valence-electron chi connectivity index (χ3n) is 3.72. The topological polar surface area (TPSA) is 63.1 Å². The molecule has 0 radical (unpaired) electrons. The molecule has 5 heteroatoms. The largest absolute Gasteiger partial charge is 0.322 e. The van der Waals surface area contributed by atoms with Crippen LogP contribution in [-0.4, -0.2) is 17.0 Å². The van der Waals surface area contributed by atoms with Gasteiger partial charge in [0.15, 0.2) is 0 Å². The average molecular weight is 283 g/mol. The molecule has 2 heterocycles. The highest BCUT2D eigenvalue weighted by Crippen LogP contribution is 2.19. The van der Waals surface area contributed by atoms with Crippen LogP contribution in [0.3, 0.4) is 0 Å². The van der Waals surface area contributed by atoms with Gasteiger partial charge in [-0.3, -0.25) is 9.59 Å². The van der Waals surface area contributed by atoms with E-state index >= 15 is 0 Å². The number of aryl methyl sites for hydroxylation is 1. The number of hydrogen-bond donors (Lipinski definition) is 2. The van der Waals surface area contributed by atoms with Gasteiger partial charge in [-0.15, -0.1) is 0 Å². The number of aromatic nitrogens is 1. The van der Waals surface area contributed by atoms with E-state index in [0.29, 0.717) is 5.56 Å². The summed E-state index contributed by atoms with van der Waals surface area (Å²) in [6.45, 7) is 1.82. The minimum atomic E-state index is -0.267. The molecule has 1 amide bonds. The van der Waals surface area contributed by atoms with Crippen LogP contribution in [0.25, 0.3) is 0 Å². The average Bonchev–Trinajstić information content (AvgIpc) is 2.50. The lowest BCUT2D eigenvalue weighted by Gasteiger charge is -2.18. The predicted molar refractivity (Wildman–Crippen MR) is 81.5 cm³/mol. The molecular weight excluding hydrogens is 266 g/mol. The Morgan fingerprint density at radius 3 is 2.90 bits per heavy atom. The van der Waals surface area contributed by atoms with Crippen LogP contribution >= 0.6 is 0 Å². The molecule has 1 aliphatic rings. The first-order valence-corrected chi connectivity index (χ1v) is 6.94. The number of hydrogen-bond acceptors (Lipinski definition) is 3. The zero-order chi connectivity index (χ0) is 14.8. The molecule has 2 aromatic rings. The molecule has 1 aromatic heterocycles. The molecule has 0 bridgehead atoms. The summed E-state index contributed by atoms with van der Waals surface area (Å²) in [6, 6.07) is 8.92. The molecule has 3 rings (SSSR count). The highest BCUT2D eigenvalue weighted by molar-refractivity contribution is 6.04. The first kappa shape index (κ1) is 13.6. The van der Waals surface area contributed by atoms with Crippen molar-refractivity contribution < 1.29 is 4.79 Å². The van der Waals surface area contributed by atoms with Gasteiger partial charge in [-0.1, -0.05) is 6.07 Å². The van der Waals surface area contributed by atoms with Gasteiger partial charge in [0.2, 0.25) is 0 Å². The van der Waals surface area contributed by atoms with Crippen molar-refractivity contribution in [3.8, 4) is 0 Å². The Morgan fingerprint density at radius 2 is 2.10 bits per heavy atom. The predicted octanol–water partition coefficient (Wildman–Crippen LogP) is 1.28. The maximum Gasteiger partial charge on any atom is 0.255 e. The SMILES string of the molecule is Cn1ccc(C(=O)Nc2ccc3c(c2)CNCC3)cc1=O. The van der Waals surface area contributed by atoms with Crippen LogP contribution in [0.5, 0.6) is 0 Å². The fourth-order valence-corrected chi connectivity index (χ4v) is 2.45. The number of nitrogens with one attached hydrogen (secondary N) is 2. The van der Waals surface area contributed by atoms with Gasteiger partial charge in [0.25, 0.3) is 11.5 Å². The van der Waals surface area contributed by atoms with E-state index in [4.69, 9.17) is 0 Å². The van der Waals surface area contributed by atoms with Crippen molar-refractivity contribution in [2.24, 2.45) is 7.05 Å². The van der Waals surface area contributed by atoms with E-state index in [1.165, 1.54) is 21.8 Å². The van der Waals surface area contributed by atoms with Crippen molar-refractivity contribution in [3.63, 3.8) is 0 Å². The van der Waals surface area contributed by atoms with Gasteiger partial charge < -0.3 is 15.2 Å². The van der Waals surface area contributed by atoms with Crippen LogP contribution in [0.15, 0.2) is 41.3 Å². The Balaban J connectivity index is 1.81. The van der Waals surface area contributed by atoms with E-state index in [1.807, 2.05) is 12.1 Å². The number of pyridine rings is 1. The molecule has 0 saturated carbocycles. The summed E-state index contributed by atoms with van der Waals surface area (Å²) in [5.74, 6) is -0.267. The number of rotatable bonds is 2. The Bertz CT molecular complexity index is 749. The molecule has 0 aliphatic carbocycles. The van der Waals surface area contributed by atoms with E-state index < -0.39 is 0 Å². The maximum atomic E-state index is 12.2. The number of nitrogens with zero attached hydrogens (tertiary/aromatic N) is 1. The van der Waals surface area contributed by atoms with Crippen LogP contribution in [-0.2, 0) is 20.0 Å². The second kappa shape index (κ2) is 5.54. The monoisotopic (exact) mass is 283 g/mol. The summed E-state index contributed by atoms with van der Waals surface area (Å²) >= 11 is 0. The second-order valence-corrected chi connectivity index (χ2v) is 5.23. The molecule has 2 N–H and O–H groups in total. The van der Waals surface area contributed by atoms with Gasteiger partial charge in [-0.25, -0.2) is 0 Å². The van der Waals surface area contributed by atoms with Gasteiger partial charge in [-0.05, 0) is 42.3 Å². The highest BCUT2D eigenvalue weighted by Gasteiger charge is 2.11. The zero-order valence-corrected chi connectivity index (χ0v) is 11.8. The number of carbonyl (C=O) groups is 1.